The molecule has 0 unspecified atom stereocenters. The first-order valence-electron chi connectivity index (χ1n) is 6.94. The van der Waals surface area contributed by atoms with Gasteiger partial charge < -0.3 is 15.2 Å². The molecule has 1 fully saturated rings. The molecule has 0 heterocycles. The predicted molar refractivity (Wildman–Crippen MR) is 73.5 cm³/mol. The number of halogens is 3. The van der Waals surface area contributed by atoms with Crippen LogP contribution in [-0.4, -0.2) is 14.2 Å². The third-order valence-corrected chi connectivity index (χ3v) is 4.10. The maximum atomic E-state index is 13.2. The number of alkyl halides is 3. The van der Waals surface area contributed by atoms with Crippen molar-refractivity contribution in [3.63, 3.8) is 0 Å². The van der Waals surface area contributed by atoms with E-state index in [-0.39, 0.29) is 11.5 Å². The molecule has 2 N–H and O–H groups in total. The minimum Gasteiger partial charge on any atom is -0.493 e. The van der Waals surface area contributed by atoms with E-state index in [2.05, 4.69) is 0 Å². The van der Waals surface area contributed by atoms with E-state index in [0.29, 0.717) is 18.4 Å². The third kappa shape index (κ3) is 3.10. The monoisotopic (exact) mass is 303 g/mol. The summed E-state index contributed by atoms with van der Waals surface area (Å²) in [5.41, 5.74) is 5.25. The van der Waals surface area contributed by atoms with Crippen molar-refractivity contribution in [1.29, 1.82) is 0 Å². The molecule has 3 nitrogen and oxygen atoms in total. The van der Waals surface area contributed by atoms with Crippen LogP contribution in [0.3, 0.4) is 0 Å². The molecule has 1 aromatic rings. The minimum atomic E-state index is -4.51. The topological polar surface area (TPSA) is 44.5 Å². The first-order valence-corrected chi connectivity index (χ1v) is 6.94. The maximum absolute atomic E-state index is 13.2. The second kappa shape index (κ2) is 5.75. The van der Waals surface area contributed by atoms with Gasteiger partial charge in [-0.2, -0.15) is 13.2 Å². The fraction of sp³-hybridized carbons (Fsp3) is 0.600. The Morgan fingerprint density at radius 1 is 1.05 bits per heavy atom. The van der Waals surface area contributed by atoms with Crippen LogP contribution in [-0.2, 0) is 11.7 Å². The lowest BCUT2D eigenvalue weighted by Crippen LogP contribution is -2.38. The fourth-order valence-corrected chi connectivity index (χ4v) is 2.93. The molecule has 1 aliphatic rings. The van der Waals surface area contributed by atoms with Crippen molar-refractivity contribution in [2.24, 2.45) is 5.73 Å². The van der Waals surface area contributed by atoms with E-state index in [4.69, 9.17) is 15.2 Å². The molecule has 0 aliphatic heterocycles. The average Bonchev–Trinajstić information content (AvgIpc) is 2.45. The second-order valence-electron chi connectivity index (χ2n) is 5.47. The van der Waals surface area contributed by atoms with Crippen molar-refractivity contribution in [2.45, 2.75) is 43.8 Å². The van der Waals surface area contributed by atoms with Crippen molar-refractivity contribution in [2.75, 3.05) is 14.2 Å². The van der Waals surface area contributed by atoms with Crippen LogP contribution in [0.2, 0.25) is 0 Å². The van der Waals surface area contributed by atoms with Crippen molar-refractivity contribution >= 4 is 0 Å². The van der Waals surface area contributed by atoms with Gasteiger partial charge in [-0.3, -0.25) is 0 Å². The van der Waals surface area contributed by atoms with Crippen molar-refractivity contribution in [3.8, 4) is 11.5 Å². The number of hydrogen-bond donors (Lipinski definition) is 1. The summed E-state index contributed by atoms with van der Waals surface area (Å²) < 4.78 is 49.7. The van der Waals surface area contributed by atoms with Crippen LogP contribution in [0.25, 0.3) is 0 Å². The quantitative estimate of drug-likeness (QED) is 0.922. The second-order valence-corrected chi connectivity index (χ2v) is 5.47. The van der Waals surface area contributed by atoms with Gasteiger partial charge in [-0.05, 0) is 30.5 Å². The third-order valence-electron chi connectivity index (χ3n) is 4.10. The predicted octanol–water partition coefficient (Wildman–Crippen LogP) is 3.84. The van der Waals surface area contributed by atoms with Gasteiger partial charge in [-0.15, -0.1) is 0 Å². The number of nitrogens with two attached hydrogens (primary N) is 1. The molecule has 0 aromatic heterocycles. The normalized spacial score (nSPS) is 18.4. The number of hydrogen-bond acceptors (Lipinski definition) is 3. The summed E-state index contributed by atoms with van der Waals surface area (Å²) in [6, 6.07) is 2.67. The standard InChI is InChI=1S/C15H20F3NO2/c1-20-12-9-10(14(19)6-4-3-5-7-14)8-11(13(12)21-2)15(16,17)18/h8-9H,3-7,19H2,1-2H3. The summed E-state index contributed by atoms with van der Waals surface area (Å²) in [6.07, 6.45) is -0.240. The lowest BCUT2D eigenvalue weighted by Gasteiger charge is -2.35. The molecule has 0 atom stereocenters. The number of benzene rings is 1. The van der Waals surface area contributed by atoms with Gasteiger partial charge in [0.2, 0.25) is 0 Å². The molecule has 0 radical (unpaired) electrons. The molecule has 1 aromatic carbocycles. The van der Waals surface area contributed by atoms with Gasteiger partial charge in [-0.25, -0.2) is 0 Å². The van der Waals surface area contributed by atoms with Gasteiger partial charge >= 0.3 is 6.18 Å². The van der Waals surface area contributed by atoms with Gasteiger partial charge in [0.05, 0.1) is 14.2 Å². The van der Waals surface area contributed by atoms with Crippen LogP contribution in [0, 0.1) is 0 Å². The summed E-state index contributed by atoms with van der Waals surface area (Å²) in [7, 11) is 2.53. The van der Waals surface area contributed by atoms with Gasteiger partial charge in [0.15, 0.2) is 11.5 Å². The molecule has 0 bridgehead atoms. The molecule has 1 aliphatic carbocycles. The van der Waals surface area contributed by atoms with Crippen LogP contribution in [0.5, 0.6) is 11.5 Å². The molecule has 0 spiro atoms. The smallest absolute Gasteiger partial charge is 0.420 e. The summed E-state index contributed by atoms with van der Waals surface area (Å²) in [5.74, 6) is -0.231. The summed E-state index contributed by atoms with van der Waals surface area (Å²) in [5, 5.41) is 0. The van der Waals surface area contributed by atoms with Crippen LogP contribution in [0.4, 0.5) is 13.2 Å². The summed E-state index contributed by atoms with van der Waals surface area (Å²) in [6.45, 7) is 0. The van der Waals surface area contributed by atoms with E-state index in [1.54, 1.807) is 6.07 Å². The molecule has 118 valence electrons. The van der Waals surface area contributed by atoms with E-state index < -0.39 is 17.3 Å². The Labute approximate surface area is 122 Å². The minimum absolute atomic E-state index is 0.0673. The number of ether oxygens (including phenoxy) is 2. The van der Waals surface area contributed by atoms with Crippen molar-refractivity contribution in [1.82, 2.24) is 0 Å². The van der Waals surface area contributed by atoms with E-state index in [1.807, 2.05) is 0 Å². The Hall–Kier alpha value is -1.43. The fourth-order valence-electron chi connectivity index (χ4n) is 2.93. The average molecular weight is 303 g/mol. The van der Waals surface area contributed by atoms with E-state index in [0.717, 1.165) is 25.3 Å². The zero-order valence-corrected chi connectivity index (χ0v) is 12.2. The lowest BCUT2D eigenvalue weighted by molar-refractivity contribution is -0.139. The van der Waals surface area contributed by atoms with E-state index in [1.165, 1.54) is 14.2 Å². The molecule has 0 saturated heterocycles. The molecule has 0 amide bonds. The summed E-state index contributed by atoms with van der Waals surface area (Å²) >= 11 is 0. The van der Waals surface area contributed by atoms with Gasteiger partial charge in [0.1, 0.15) is 5.56 Å². The van der Waals surface area contributed by atoms with Gasteiger partial charge in [-0.1, -0.05) is 19.3 Å². The maximum Gasteiger partial charge on any atom is 0.420 e. The van der Waals surface area contributed by atoms with Gasteiger partial charge in [0.25, 0.3) is 0 Å². The zero-order chi connectivity index (χ0) is 15.7. The van der Waals surface area contributed by atoms with E-state index >= 15 is 0 Å². The van der Waals surface area contributed by atoms with Crippen LogP contribution in [0.1, 0.15) is 43.2 Å². The first-order chi connectivity index (χ1) is 9.81. The molecular formula is C15H20F3NO2. The molecule has 2 rings (SSSR count). The van der Waals surface area contributed by atoms with Crippen molar-refractivity contribution in [3.05, 3.63) is 23.3 Å². The van der Waals surface area contributed by atoms with Crippen LogP contribution >= 0.6 is 0 Å². The Morgan fingerprint density at radius 2 is 1.67 bits per heavy atom. The Bertz CT molecular complexity index is 508. The molecule has 1 saturated carbocycles. The van der Waals surface area contributed by atoms with Gasteiger partial charge in [0, 0.05) is 5.54 Å². The lowest BCUT2D eigenvalue weighted by atomic mass is 9.77. The zero-order valence-electron chi connectivity index (χ0n) is 12.2. The summed E-state index contributed by atoms with van der Waals surface area (Å²) in [4.78, 5) is 0. The van der Waals surface area contributed by atoms with E-state index in [9.17, 15) is 13.2 Å². The SMILES string of the molecule is COc1cc(C2(N)CCCCC2)cc(C(F)(F)F)c1OC. The Morgan fingerprint density at radius 3 is 2.14 bits per heavy atom. The highest BCUT2D eigenvalue weighted by Crippen LogP contribution is 2.45. The highest BCUT2D eigenvalue weighted by atomic mass is 19.4. The number of rotatable bonds is 3. The molecule has 21 heavy (non-hydrogen) atoms. The highest BCUT2D eigenvalue weighted by molar-refractivity contribution is 5.52. The Balaban J connectivity index is 2.57. The highest BCUT2D eigenvalue weighted by Gasteiger charge is 2.39. The first kappa shape index (κ1) is 15.9. The van der Waals surface area contributed by atoms with Crippen LogP contribution in [0.15, 0.2) is 12.1 Å². The molecule has 6 heteroatoms. The van der Waals surface area contributed by atoms with Crippen LogP contribution < -0.4 is 15.2 Å². The molecular weight excluding hydrogens is 283 g/mol. The largest absolute Gasteiger partial charge is 0.493 e. The Kier molecular flexibility index (Phi) is 4.37. The van der Waals surface area contributed by atoms with Crippen molar-refractivity contribution < 1.29 is 22.6 Å². The number of methoxy groups -OCH3 is 2.